The number of benzene rings is 1. The minimum absolute atomic E-state index is 0.245. The van der Waals surface area contributed by atoms with E-state index in [0.717, 1.165) is 37.7 Å². The molecule has 0 unspecified atom stereocenters. The summed E-state index contributed by atoms with van der Waals surface area (Å²) in [5.74, 6) is 0.479. The van der Waals surface area contributed by atoms with Gasteiger partial charge >= 0.3 is 0 Å². The van der Waals surface area contributed by atoms with E-state index >= 15 is 0 Å². The van der Waals surface area contributed by atoms with Gasteiger partial charge < -0.3 is 15.8 Å². The summed E-state index contributed by atoms with van der Waals surface area (Å²) < 4.78 is 18.7. The molecule has 0 radical (unpaired) electrons. The van der Waals surface area contributed by atoms with E-state index in [1.165, 1.54) is 18.9 Å². The highest BCUT2D eigenvalue weighted by molar-refractivity contribution is 5.47. The van der Waals surface area contributed by atoms with Gasteiger partial charge in [0.1, 0.15) is 5.82 Å². The summed E-state index contributed by atoms with van der Waals surface area (Å²) in [7, 11) is 0. The van der Waals surface area contributed by atoms with E-state index in [0.29, 0.717) is 6.54 Å². The van der Waals surface area contributed by atoms with Crippen molar-refractivity contribution in [2.24, 2.45) is 5.92 Å². The van der Waals surface area contributed by atoms with Crippen LogP contribution in [0, 0.1) is 11.7 Å². The van der Waals surface area contributed by atoms with Crippen LogP contribution in [-0.2, 0) is 11.3 Å². The topological polar surface area (TPSA) is 47.3 Å². The van der Waals surface area contributed by atoms with Crippen LogP contribution < -0.4 is 11.1 Å². The summed E-state index contributed by atoms with van der Waals surface area (Å²) in [5.41, 5.74) is 6.70. The average molecular weight is 252 g/mol. The van der Waals surface area contributed by atoms with Gasteiger partial charge in [0.05, 0.1) is 5.69 Å². The zero-order chi connectivity index (χ0) is 12.8. The minimum atomic E-state index is -0.345. The second-order valence-electron chi connectivity index (χ2n) is 4.86. The second-order valence-corrected chi connectivity index (χ2v) is 4.86. The molecule has 3 nitrogen and oxygen atoms in total. The lowest BCUT2D eigenvalue weighted by Crippen LogP contribution is -2.17. The summed E-state index contributed by atoms with van der Waals surface area (Å²) in [4.78, 5) is 0. The van der Waals surface area contributed by atoms with Gasteiger partial charge in [-0.25, -0.2) is 4.39 Å². The van der Waals surface area contributed by atoms with Crippen LogP contribution in [0.3, 0.4) is 0 Å². The normalized spacial score (nSPS) is 14.9. The Hall–Kier alpha value is -1.13. The number of nitrogen functional groups attached to an aromatic ring is 1. The maximum atomic E-state index is 13.2. The molecule has 0 heterocycles. The first-order chi connectivity index (χ1) is 8.77. The van der Waals surface area contributed by atoms with Crippen LogP contribution in [0.25, 0.3) is 0 Å². The third-order valence-electron chi connectivity index (χ3n) is 3.15. The smallest absolute Gasteiger partial charge is 0.146 e. The number of anilines is 1. The first kappa shape index (κ1) is 13.3. The van der Waals surface area contributed by atoms with Crippen molar-refractivity contribution in [3.8, 4) is 0 Å². The molecule has 0 aliphatic heterocycles. The molecule has 0 spiro atoms. The van der Waals surface area contributed by atoms with Gasteiger partial charge in [-0.3, -0.25) is 0 Å². The lowest BCUT2D eigenvalue weighted by atomic mass is 10.1. The molecule has 100 valence electrons. The van der Waals surface area contributed by atoms with E-state index in [1.54, 1.807) is 6.07 Å². The average Bonchev–Trinajstić information content (AvgIpc) is 3.17. The largest absolute Gasteiger partial charge is 0.396 e. The lowest BCUT2D eigenvalue weighted by Gasteiger charge is -2.08. The summed E-state index contributed by atoms with van der Waals surface area (Å²) in [5, 5.41) is 3.25. The Morgan fingerprint density at radius 1 is 1.39 bits per heavy atom. The molecular formula is C14H21FN2O. The van der Waals surface area contributed by atoms with Crippen molar-refractivity contribution in [3.63, 3.8) is 0 Å². The first-order valence-electron chi connectivity index (χ1n) is 6.58. The molecule has 4 heteroatoms. The zero-order valence-electron chi connectivity index (χ0n) is 10.6. The zero-order valence-corrected chi connectivity index (χ0v) is 10.6. The van der Waals surface area contributed by atoms with Crippen LogP contribution in [-0.4, -0.2) is 19.8 Å². The SMILES string of the molecule is Nc1c(F)cccc1CNCCCOCC1CC1. The highest BCUT2D eigenvalue weighted by Gasteiger charge is 2.20. The molecule has 1 aliphatic carbocycles. The number of rotatable bonds is 8. The van der Waals surface area contributed by atoms with Crippen molar-refractivity contribution in [2.75, 3.05) is 25.5 Å². The molecule has 1 saturated carbocycles. The van der Waals surface area contributed by atoms with Gasteiger partial charge in [0.2, 0.25) is 0 Å². The quantitative estimate of drug-likeness (QED) is 0.551. The van der Waals surface area contributed by atoms with Crippen molar-refractivity contribution in [1.82, 2.24) is 5.32 Å². The molecule has 18 heavy (non-hydrogen) atoms. The fourth-order valence-corrected chi connectivity index (χ4v) is 1.79. The standard InChI is InChI=1S/C14H21FN2O/c15-13-4-1-3-12(14(13)16)9-17-7-2-8-18-10-11-5-6-11/h1,3-4,11,17H,2,5-10,16H2. The molecule has 1 aliphatic rings. The Morgan fingerprint density at radius 2 is 2.22 bits per heavy atom. The van der Waals surface area contributed by atoms with E-state index < -0.39 is 0 Å². The van der Waals surface area contributed by atoms with Crippen LogP contribution in [0.2, 0.25) is 0 Å². The maximum Gasteiger partial charge on any atom is 0.146 e. The molecule has 0 bridgehead atoms. The van der Waals surface area contributed by atoms with E-state index in [4.69, 9.17) is 10.5 Å². The number of ether oxygens (including phenoxy) is 1. The summed E-state index contributed by atoms with van der Waals surface area (Å²) in [6, 6.07) is 4.90. The predicted octanol–water partition coefficient (Wildman–Crippen LogP) is 2.31. The Bertz CT molecular complexity index is 380. The number of hydrogen-bond donors (Lipinski definition) is 2. The molecule has 0 amide bonds. The number of nitrogens with one attached hydrogen (secondary N) is 1. The molecule has 0 atom stereocenters. The number of para-hydroxylation sites is 1. The fraction of sp³-hybridized carbons (Fsp3) is 0.571. The number of nitrogens with two attached hydrogens (primary N) is 1. The summed E-state index contributed by atoms with van der Waals surface area (Å²) >= 11 is 0. The van der Waals surface area contributed by atoms with Crippen molar-refractivity contribution >= 4 is 5.69 Å². The Morgan fingerprint density at radius 3 is 3.00 bits per heavy atom. The predicted molar refractivity (Wildman–Crippen MR) is 70.7 cm³/mol. The first-order valence-corrected chi connectivity index (χ1v) is 6.58. The van der Waals surface area contributed by atoms with E-state index in [2.05, 4.69) is 5.32 Å². The molecule has 1 fully saturated rings. The molecule has 0 aromatic heterocycles. The molecule has 1 aromatic carbocycles. The minimum Gasteiger partial charge on any atom is -0.396 e. The lowest BCUT2D eigenvalue weighted by molar-refractivity contribution is 0.122. The van der Waals surface area contributed by atoms with Crippen LogP contribution in [0.15, 0.2) is 18.2 Å². The van der Waals surface area contributed by atoms with Crippen LogP contribution in [0.1, 0.15) is 24.8 Å². The highest BCUT2D eigenvalue weighted by atomic mass is 19.1. The molecule has 0 saturated heterocycles. The van der Waals surface area contributed by atoms with Gasteiger partial charge in [0.25, 0.3) is 0 Å². The third kappa shape index (κ3) is 4.27. The van der Waals surface area contributed by atoms with Crippen molar-refractivity contribution < 1.29 is 9.13 Å². The fourth-order valence-electron chi connectivity index (χ4n) is 1.79. The molecule has 3 N–H and O–H groups in total. The third-order valence-corrected chi connectivity index (χ3v) is 3.15. The molecular weight excluding hydrogens is 231 g/mol. The second kappa shape index (κ2) is 6.71. The van der Waals surface area contributed by atoms with Crippen molar-refractivity contribution in [1.29, 1.82) is 0 Å². The van der Waals surface area contributed by atoms with Crippen molar-refractivity contribution in [2.45, 2.75) is 25.8 Å². The van der Waals surface area contributed by atoms with Gasteiger partial charge in [0, 0.05) is 19.8 Å². The monoisotopic (exact) mass is 252 g/mol. The summed E-state index contributed by atoms with van der Waals surface area (Å²) in [6.45, 7) is 3.17. The Labute approximate surface area is 108 Å². The van der Waals surface area contributed by atoms with Crippen LogP contribution in [0.5, 0.6) is 0 Å². The van der Waals surface area contributed by atoms with Crippen LogP contribution >= 0.6 is 0 Å². The number of halogens is 1. The summed E-state index contributed by atoms with van der Waals surface area (Å²) in [6.07, 6.45) is 3.64. The Kier molecular flexibility index (Phi) is 4.96. The molecule has 1 aromatic rings. The van der Waals surface area contributed by atoms with Crippen LogP contribution in [0.4, 0.5) is 10.1 Å². The van der Waals surface area contributed by atoms with E-state index in [-0.39, 0.29) is 11.5 Å². The highest BCUT2D eigenvalue weighted by Crippen LogP contribution is 2.28. The van der Waals surface area contributed by atoms with Gasteiger partial charge in [-0.05, 0) is 43.4 Å². The Balaban J connectivity index is 1.55. The van der Waals surface area contributed by atoms with Crippen molar-refractivity contribution in [3.05, 3.63) is 29.6 Å². The van der Waals surface area contributed by atoms with E-state index in [9.17, 15) is 4.39 Å². The maximum absolute atomic E-state index is 13.2. The van der Waals surface area contributed by atoms with E-state index in [1.807, 2.05) is 6.07 Å². The van der Waals surface area contributed by atoms with Gasteiger partial charge in [0.15, 0.2) is 0 Å². The van der Waals surface area contributed by atoms with Gasteiger partial charge in [-0.1, -0.05) is 12.1 Å². The number of hydrogen-bond acceptors (Lipinski definition) is 3. The molecule has 2 rings (SSSR count). The van der Waals surface area contributed by atoms with Gasteiger partial charge in [-0.2, -0.15) is 0 Å². The van der Waals surface area contributed by atoms with Gasteiger partial charge in [-0.15, -0.1) is 0 Å².